The van der Waals surface area contributed by atoms with E-state index < -0.39 is 6.10 Å². The first-order valence-electron chi connectivity index (χ1n) is 8.63. The molecular formula is C18H21N3O4. The van der Waals surface area contributed by atoms with Crippen molar-refractivity contribution in [2.45, 2.75) is 44.8 Å². The summed E-state index contributed by atoms with van der Waals surface area (Å²) in [6, 6.07) is 7.43. The standard InChI is InChI=1S/C18H21N3O4/c1-11-16(24-15-8-4-3-7-14(15)23-11)18(22)21-9-5-6-13(10-21)17-19-12(2)25-20-17/h3-4,7-8,11,13,16H,5-6,9-10H2,1-2H3/t11-,13+,16+/m0/s1. The molecule has 1 saturated heterocycles. The van der Waals surface area contributed by atoms with Crippen LogP contribution in [0.2, 0.25) is 0 Å². The normalized spacial score (nSPS) is 25.7. The molecule has 0 saturated carbocycles. The minimum Gasteiger partial charge on any atom is -0.482 e. The molecule has 3 heterocycles. The second-order valence-electron chi connectivity index (χ2n) is 6.60. The molecule has 0 bridgehead atoms. The SMILES string of the molecule is Cc1nc([C@@H]2CCCN(C(=O)[C@@H]3Oc4ccccc4O[C@H]3C)C2)no1. The number of rotatable bonds is 2. The quantitative estimate of drug-likeness (QED) is 0.833. The lowest BCUT2D eigenvalue weighted by molar-refractivity contribution is -0.145. The minimum atomic E-state index is -0.638. The predicted octanol–water partition coefficient (Wildman–Crippen LogP) is 2.31. The molecule has 132 valence electrons. The molecule has 0 spiro atoms. The highest BCUT2D eigenvalue weighted by Crippen LogP contribution is 2.34. The third-order valence-electron chi connectivity index (χ3n) is 4.73. The summed E-state index contributed by atoms with van der Waals surface area (Å²) in [6.07, 6.45) is 0.877. The topological polar surface area (TPSA) is 77.7 Å². The highest BCUT2D eigenvalue weighted by Gasteiger charge is 2.38. The number of piperidine rings is 1. The molecule has 1 aromatic carbocycles. The molecule has 25 heavy (non-hydrogen) atoms. The fraction of sp³-hybridized carbons (Fsp3) is 0.500. The Kier molecular flexibility index (Phi) is 4.07. The van der Waals surface area contributed by atoms with Crippen LogP contribution in [0.1, 0.15) is 37.4 Å². The fourth-order valence-corrected chi connectivity index (χ4v) is 3.44. The van der Waals surface area contributed by atoms with Crippen LogP contribution in [-0.4, -0.2) is 46.2 Å². The zero-order valence-corrected chi connectivity index (χ0v) is 14.3. The maximum Gasteiger partial charge on any atom is 0.267 e. The zero-order valence-electron chi connectivity index (χ0n) is 14.3. The maximum absolute atomic E-state index is 13.0. The van der Waals surface area contributed by atoms with Gasteiger partial charge >= 0.3 is 0 Å². The summed E-state index contributed by atoms with van der Waals surface area (Å²) in [5, 5.41) is 4.01. The van der Waals surface area contributed by atoms with E-state index in [1.807, 2.05) is 36.1 Å². The molecule has 2 aromatic rings. The summed E-state index contributed by atoms with van der Waals surface area (Å²) < 4.78 is 16.9. The maximum atomic E-state index is 13.0. The zero-order chi connectivity index (χ0) is 17.4. The average Bonchev–Trinajstić information content (AvgIpc) is 3.07. The van der Waals surface area contributed by atoms with Crippen molar-refractivity contribution in [3.05, 3.63) is 36.0 Å². The molecule has 1 aromatic heterocycles. The summed E-state index contributed by atoms with van der Waals surface area (Å²) >= 11 is 0. The van der Waals surface area contributed by atoms with Gasteiger partial charge in [0.2, 0.25) is 12.0 Å². The first-order valence-corrected chi connectivity index (χ1v) is 8.63. The Morgan fingerprint density at radius 1 is 1.24 bits per heavy atom. The van der Waals surface area contributed by atoms with Gasteiger partial charge in [-0.1, -0.05) is 17.3 Å². The van der Waals surface area contributed by atoms with E-state index in [1.165, 1.54) is 0 Å². The third kappa shape index (κ3) is 3.06. The molecule has 1 amide bonds. The number of para-hydroxylation sites is 2. The molecule has 7 heteroatoms. The largest absolute Gasteiger partial charge is 0.482 e. The summed E-state index contributed by atoms with van der Waals surface area (Å²) in [4.78, 5) is 19.2. The van der Waals surface area contributed by atoms with Crippen LogP contribution < -0.4 is 9.47 Å². The Labute approximate surface area is 145 Å². The molecule has 2 aliphatic heterocycles. The van der Waals surface area contributed by atoms with E-state index in [9.17, 15) is 4.79 Å². The smallest absolute Gasteiger partial charge is 0.267 e. The number of aromatic nitrogens is 2. The van der Waals surface area contributed by atoms with E-state index in [0.29, 0.717) is 36.3 Å². The van der Waals surface area contributed by atoms with Crippen molar-refractivity contribution in [3.8, 4) is 11.5 Å². The summed E-state index contributed by atoms with van der Waals surface area (Å²) in [6.45, 7) is 4.92. The second kappa shape index (κ2) is 6.38. The molecule has 2 aliphatic rings. The van der Waals surface area contributed by atoms with Gasteiger partial charge in [-0.3, -0.25) is 4.79 Å². The molecular weight excluding hydrogens is 322 g/mol. The van der Waals surface area contributed by atoms with Crippen molar-refractivity contribution in [1.82, 2.24) is 15.0 Å². The van der Waals surface area contributed by atoms with E-state index in [1.54, 1.807) is 6.92 Å². The number of ether oxygens (including phenoxy) is 2. The van der Waals surface area contributed by atoms with Gasteiger partial charge in [0.25, 0.3) is 5.91 Å². The fourth-order valence-electron chi connectivity index (χ4n) is 3.44. The van der Waals surface area contributed by atoms with Gasteiger partial charge < -0.3 is 18.9 Å². The number of likely N-dealkylation sites (tertiary alicyclic amines) is 1. The van der Waals surface area contributed by atoms with Gasteiger partial charge in [-0.25, -0.2) is 0 Å². The number of benzene rings is 1. The van der Waals surface area contributed by atoms with Crippen LogP contribution >= 0.6 is 0 Å². The Bertz CT molecular complexity index is 775. The van der Waals surface area contributed by atoms with E-state index >= 15 is 0 Å². The van der Waals surface area contributed by atoms with Crippen molar-refractivity contribution < 1.29 is 18.8 Å². The number of nitrogens with zero attached hydrogens (tertiary/aromatic N) is 3. The summed E-state index contributed by atoms with van der Waals surface area (Å²) in [5.41, 5.74) is 0. The Hall–Kier alpha value is -2.57. The summed E-state index contributed by atoms with van der Waals surface area (Å²) in [7, 11) is 0. The number of hydrogen-bond donors (Lipinski definition) is 0. The molecule has 0 unspecified atom stereocenters. The van der Waals surface area contributed by atoms with E-state index in [2.05, 4.69) is 10.1 Å². The highest BCUT2D eigenvalue weighted by atomic mass is 16.6. The van der Waals surface area contributed by atoms with Crippen LogP contribution in [0, 0.1) is 6.92 Å². The van der Waals surface area contributed by atoms with E-state index in [4.69, 9.17) is 14.0 Å². The molecule has 0 N–H and O–H groups in total. The number of fused-ring (bicyclic) bond motifs is 1. The van der Waals surface area contributed by atoms with E-state index in [-0.39, 0.29) is 17.9 Å². The highest BCUT2D eigenvalue weighted by molar-refractivity contribution is 5.82. The van der Waals surface area contributed by atoms with Gasteiger partial charge in [0.05, 0.1) is 0 Å². The predicted molar refractivity (Wildman–Crippen MR) is 88.5 cm³/mol. The van der Waals surface area contributed by atoms with Crippen LogP contribution in [0.25, 0.3) is 0 Å². The number of carbonyl (C=O) groups is 1. The van der Waals surface area contributed by atoms with Gasteiger partial charge in [0.15, 0.2) is 17.3 Å². The van der Waals surface area contributed by atoms with Crippen LogP contribution in [0.3, 0.4) is 0 Å². The Balaban J connectivity index is 1.49. The minimum absolute atomic E-state index is 0.0491. The lowest BCUT2D eigenvalue weighted by Crippen LogP contribution is -2.52. The molecule has 0 radical (unpaired) electrons. The van der Waals surface area contributed by atoms with Crippen LogP contribution in [0.4, 0.5) is 0 Å². The third-order valence-corrected chi connectivity index (χ3v) is 4.73. The monoisotopic (exact) mass is 343 g/mol. The van der Waals surface area contributed by atoms with Crippen molar-refractivity contribution >= 4 is 5.91 Å². The number of carbonyl (C=O) groups excluding carboxylic acids is 1. The molecule has 1 fully saturated rings. The Morgan fingerprint density at radius 3 is 2.72 bits per heavy atom. The van der Waals surface area contributed by atoms with E-state index in [0.717, 1.165) is 12.8 Å². The Morgan fingerprint density at radius 2 is 2.00 bits per heavy atom. The van der Waals surface area contributed by atoms with Gasteiger partial charge in [0.1, 0.15) is 6.10 Å². The van der Waals surface area contributed by atoms with Gasteiger partial charge in [-0.2, -0.15) is 4.98 Å². The van der Waals surface area contributed by atoms with Crippen LogP contribution in [0.15, 0.2) is 28.8 Å². The van der Waals surface area contributed by atoms with Crippen LogP contribution in [0.5, 0.6) is 11.5 Å². The van der Waals surface area contributed by atoms with Crippen molar-refractivity contribution in [2.75, 3.05) is 13.1 Å². The van der Waals surface area contributed by atoms with Crippen LogP contribution in [-0.2, 0) is 4.79 Å². The van der Waals surface area contributed by atoms with Gasteiger partial charge in [-0.05, 0) is 31.9 Å². The van der Waals surface area contributed by atoms with Gasteiger partial charge in [0, 0.05) is 25.9 Å². The van der Waals surface area contributed by atoms with Crippen molar-refractivity contribution in [3.63, 3.8) is 0 Å². The van der Waals surface area contributed by atoms with Gasteiger partial charge in [-0.15, -0.1) is 0 Å². The lowest BCUT2D eigenvalue weighted by atomic mass is 9.96. The first kappa shape index (κ1) is 15.9. The molecule has 0 aliphatic carbocycles. The van der Waals surface area contributed by atoms with Crippen molar-refractivity contribution in [2.24, 2.45) is 0 Å². The average molecular weight is 343 g/mol. The lowest BCUT2D eigenvalue weighted by Gasteiger charge is -2.37. The number of aryl methyl sites for hydroxylation is 1. The molecule has 4 rings (SSSR count). The number of hydrogen-bond acceptors (Lipinski definition) is 6. The number of amides is 1. The molecule has 3 atom stereocenters. The first-order chi connectivity index (χ1) is 12.1. The van der Waals surface area contributed by atoms with Crippen molar-refractivity contribution in [1.29, 1.82) is 0 Å². The molecule has 7 nitrogen and oxygen atoms in total. The second-order valence-corrected chi connectivity index (χ2v) is 6.60. The summed E-state index contributed by atoms with van der Waals surface area (Å²) in [5.74, 6) is 2.57.